The second-order valence-corrected chi connectivity index (χ2v) is 9.40. The van der Waals surface area contributed by atoms with Crippen LogP contribution in [0.4, 0.5) is 15.8 Å². The SMILES string of the molecule is CC[C@@H](Nc1c(C#N)cnc2c(Cl)cc(N[C@@H](c3cccnc3)c3cn(CCF)nn3)cc12)c1ccccc1. The van der Waals surface area contributed by atoms with E-state index in [1.807, 2.05) is 36.4 Å². The first-order valence-corrected chi connectivity index (χ1v) is 12.9. The van der Waals surface area contributed by atoms with Crippen molar-refractivity contribution < 1.29 is 4.39 Å². The molecule has 2 N–H and O–H groups in total. The molecule has 0 fully saturated rings. The standard InChI is InChI=1S/C29H26ClFN8/c1-2-25(19-7-4-3-5-8-19)36-27-21(15-32)17-34-29-23(27)13-22(14-24(29)30)35-28(20-9-6-11-33-16-20)26-18-39(12-10-31)38-37-26/h3-9,11,13-14,16-18,25,28,35H,2,10,12H2,1H3,(H,34,36)/t25-,28+/m1/s1. The third-order valence-electron chi connectivity index (χ3n) is 6.47. The fourth-order valence-corrected chi connectivity index (χ4v) is 4.81. The zero-order valence-corrected chi connectivity index (χ0v) is 22.0. The highest BCUT2D eigenvalue weighted by Crippen LogP contribution is 2.37. The van der Waals surface area contributed by atoms with Gasteiger partial charge in [0, 0.05) is 29.7 Å². The molecule has 0 aliphatic carbocycles. The Kier molecular flexibility index (Phi) is 7.94. The molecular weight excluding hydrogens is 515 g/mol. The maximum Gasteiger partial charge on any atom is 0.110 e. The molecule has 0 saturated carbocycles. The van der Waals surface area contributed by atoms with Crippen LogP contribution >= 0.6 is 11.6 Å². The van der Waals surface area contributed by atoms with E-state index >= 15 is 0 Å². The second kappa shape index (κ2) is 11.9. The molecule has 3 heterocycles. The van der Waals surface area contributed by atoms with Gasteiger partial charge in [-0.2, -0.15) is 5.26 Å². The van der Waals surface area contributed by atoms with E-state index in [1.54, 1.807) is 30.9 Å². The summed E-state index contributed by atoms with van der Waals surface area (Å²) in [4.78, 5) is 8.74. The van der Waals surface area contributed by atoms with Gasteiger partial charge in [0.05, 0.1) is 46.6 Å². The molecular formula is C29H26ClFN8. The molecule has 0 saturated heterocycles. The summed E-state index contributed by atoms with van der Waals surface area (Å²) < 4.78 is 14.4. The van der Waals surface area contributed by atoms with Gasteiger partial charge in [0.15, 0.2) is 0 Å². The first-order chi connectivity index (χ1) is 19.1. The maximum atomic E-state index is 12.9. The molecule has 0 aliphatic heterocycles. The van der Waals surface area contributed by atoms with Crippen molar-refractivity contribution in [3.63, 3.8) is 0 Å². The molecule has 39 heavy (non-hydrogen) atoms. The van der Waals surface area contributed by atoms with E-state index in [9.17, 15) is 9.65 Å². The quantitative estimate of drug-likeness (QED) is 0.209. The first-order valence-electron chi connectivity index (χ1n) is 12.6. The summed E-state index contributed by atoms with van der Waals surface area (Å²) in [7, 11) is 0. The fraction of sp³-hybridized carbons (Fsp3) is 0.207. The highest BCUT2D eigenvalue weighted by molar-refractivity contribution is 6.35. The van der Waals surface area contributed by atoms with Crippen LogP contribution in [0.2, 0.25) is 5.02 Å². The topological polar surface area (TPSA) is 104 Å². The summed E-state index contributed by atoms with van der Waals surface area (Å²) in [5.41, 5.74) is 4.91. The van der Waals surface area contributed by atoms with Gasteiger partial charge in [-0.25, -0.2) is 9.07 Å². The van der Waals surface area contributed by atoms with E-state index in [0.29, 0.717) is 38.6 Å². The largest absolute Gasteiger partial charge is 0.377 e. The lowest BCUT2D eigenvalue weighted by Crippen LogP contribution is -2.14. The van der Waals surface area contributed by atoms with Crippen LogP contribution in [0, 0.1) is 11.3 Å². The van der Waals surface area contributed by atoms with Crippen molar-refractivity contribution in [2.45, 2.75) is 32.0 Å². The number of aromatic nitrogens is 5. The van der Waals surface area contributed by atoms with Crippen LogP contribution in [-0.4, -0.2) is 31.6 Å². The molecule has 196 valence electrons. The number of halogens is 2. The summed E-state index contributed by atoms with van der Waals surface area (Å²) in [6, 6.07) is 19.4. The van der Waals surface area contributed by atoms with Crippen molar-refractivity contribution in [2.75, 3.05) is 17.3 Å². The lowest BCUT2D eigenvalue weighted by molar-refractivity contribution is 0.422. The van der Waals surface area contributed by atoms with Crippen molar-refractivity contribution in [3.8, 4) is 6.07 Å². The number of fused-ring (bicyclic) bond motifs is 1. The van der Waals surface area contributed by atoms with E-state index in [-0.39, 0.29) is 12.6 Å². The molecule has 0 unspecified atom stereocenters. The van der Waals surface area contributed by atoms with Crippen molar-refractivity contribution in [3.05, 3.63) is 107 Å². The summed E-state index contributed by atoms with van der Waals surface area (Å²) >= 11 is 6.74. The second-order valence-electron chi connectivity index (χ2n) is 8.99. The van der Waals surface area contributed by atoms with Crippen molar-refractivity contribution >= 4 is 33.9 Å². The fourth-order valence-electron chi connectivity index (χ4n) is 4.55. The summed E-state index contributed by atoms with van der Waals surface area (Å²) in [5, 5.41) is 26.5. The molecule has 10 heteroatoms. The van der Waals surface area contributed by atoms with Gasteiger partial charge in [-0.15, -0.1) is 5.10 Å². The number of nitriles is 1. The smallest absolute Gasteiger partial charge is 0.110 e. The normalized spacial score (nSPS) is 12.6. The number of rotatable bonds is 10. The van der Waals surface area contributed by atoms with Crippen molar-refractivity contribution in [1.29, 1.82) is 5.26 Å². The van der Waals surface area contributed by atoms with E-state index in [2.05, 4.69) is 56.0 Å². The minimum atomic E-state index is -0.542. The minimum absolute atomic E-state index is 0.0204. The van der Waals surface area contributed by atoms with Crippen LogP contribution in [0.1, 0.15) is 47.8 Å². The Hall–Kier alpha value is -4.55. The van der Waals surface area contributed by atoms with Crippen molar-refractivity contribution in [1.82, 2.24) is 25.0 Å². The maximum absolute atomic E-state index is 12.9. The Morgan fingerprint density at radius 2 is 1.90 bits per heavy atom. The first kappa shape index (κ1) is 26.1. The van der Waals surface area contributed by atoms with Crippen LogP contribution in [0.5, 0.6) is 0 Å². The summed E-state index contributed by atoms with van der Waals surface area (Å²) in [6.07, 6.45) is 7.49. The van der Waals surface area contributed by atoms with E-state index in [4.69, 9.17) is 11.6 Å². The number of hydrogen-bond acceptors (Lipinski definition) is 7. The monoisotopic (exact) mass is 540 g/mol. The molecule has 5 rings (SSSR count). The number of alkyl halides is 1. The summed E-state index contributed by atoms with van der Waals surface area (Å²) in [5.74, 6) is 0. The number of pyridine rings is 2. The van der Waals surface area contributed by atoms with Gasteiger partial charge < -0.3 is 10.6 Å². The number of anilines is 2. The lowest BCUT2D eigenvalue weighted by Gasteiger charge is -2.22. The molecule has 3 aromatic heterocycles. The molecule has 0 bridgehead atoms. The van der Waals surface area contributed by atoms with Crippen LogP contribution in [0.15, 0.2) is 79.4 Å². The third-order valence-corrected chi connectivity index (χ3v) is 6.76. The van der Waals surface area contributed by atoms with E-state index in [0.717, 1.165) is 17.5 Å². The lowest BCUT2D eigenvalue weighted by atomic mass is 10.0. The van der Waals surface area contributed by atoms with Gasteiger partial charge in [0.2, 0.25) is 0 Å². The molecule has 0 radical (unpaired) electrons. The molecule has 0 amide bonds. The number of nitrogens with one attached hydrogen (secondary N) is 2. The average Bonchev–Trinajstić information content (AvgIpc) is 3.44. The van der Waals surface area contributed by atoms with Gasteiger partial charge in [-0.05, 0) is 35.7 Å². The number of hydrogen-bond donors (Lipinski definition) is 2. The Balaban J connectivity index is 1.58. The Bertz CT molecular complexity index is 1600. The van der Waals surface area contributed by atoms with Gasteiger partial charge in [0.1, 0.15) is 18.4 Å². The zero-order valence-electron chi connectivity index (χ0n) is 21.2. The Labute approximate surface area is 230 Å². The predicted molar refractivity (Wildman–Crippen MR) is 150 cm³/mol. The van der Waals surface area contributed by atoms with E-state index in [1.165, 1.54) is 4.68 Å². The Morgan fingerprint density at radius 1 is 1.08 bits per heavy atom. The average molecular weight is 541 g/mol. The molecule has 0 aliphatic rings. The van der Waals surface area contributed by atoms with Crippen LogP contribution in [0.25, 0.3) is 10.9 Å². The number of nitrogens with zero attached hydrogens (tertiary/aromatic N) is 6. The summed E-state index contributed by atoms with van der Waals surface area (Å²) in [6.45, 7) is 1.67. The molecule has 2 atom stereocenters. The minimum Gasteiger partial charge on any atom is -0.377 e. The molecule has 2 aromatic carbocycles. The Morgan fingerprint density at radius 3 is 2.62 bits per heavy atom. The van der Waals surface area contributed by atoms with Gasteiger partial charge in [-0.3, -0.25) is 9.97 Å². The van der Waals surface area contributed by atoms with Crippen LogP contribution in [0.3, 0.4) is 0 Å². The van der Waals surface area contributed by atoms with Crippen molar-refractivity contribution in [2.24, 2.45) is 0 Å². The zero-order chi connectivity index (χ0) is 27.2. The van der Waals surface area contributed by atoms with Gasteiger partial charge >= 0.3 is 0 Å². The predicted octanol–water partition coefficient (Wildman–Crippen LogP) is 6.48. The number of benzene rings is 2. The van der Waals surface area contributed by atoms with Gasteiger partial charge in [-0.1, -0.05) is 60.1 Å². The van der Waals surface area contributed by atoms with Crippen LogP contribution in [-0.2, 0) is 6.54 Å². The highest BCUT2D eigenvalue weighted by Gasteiger charge is 2.21. The highest BCUT2D eigenvalue weighted by atomic mass is 35.5. The number of aryl methyl sites for hydroxylation is 1. The molecule has 5 aromatic rings. The van der Waals surface area contributed by atoms with Crippen LogP contribution < -0.4 is 10.6 Å². The molecule has 8 nitrogen and oxygen atoms in total. The van der Waals surface area contributed by atoms with Gasteiger partial charge in [0.25, 0.3) is 0 Å². The molecule has 0 spiro atoms. The third kappa shape index (κ3) is 5.66. The van der Waals surface area contributed by atoms with E-state index < -0.39 is 12.7 Å².